The summed E-state index contributed by atoms with van der Waals surface area (Å²) in [4.78, 5) is 12.0. The Balaban J connectivity index is 2.02. The van der Waals surface area contributed by atoms with Crippen molar-refractivity contribution in [1.29, 1.82) is 0 Å². The van der Waals surface area contributed by atoms with Crippen molar-refractivity contribution in [2.45, 2.75) is 18.7 Å². The molecule has 0 saturated carbocycles. The number of rotatable bonds is 6. The van der Waals surface area contributed by atoms with Crippen LogP contribution in [-0.4, -0.2) is 20.1 Å². The Hall–Kier alpha value is -1.92. The fraction of sp³-hybridized carbons (Fsp3) is 0.235. The molecule has 0 bridgehead atoms. The second-order valence-corrected chi connectivity index (χ2v) is 7.90. The molecule has 0 aliphatic rings. The zero-order valence-electron chi connectivity index (χ0n) is 13.0. The van der Waals surface area contributed by atoms with Gasteiger partial charge in [0, 0.05) is 10.6 Å². The SMILES string of the molecule is CC(NC(=O)CS(=O)(=O)Cc1c(F)cccc1Cl)c1ccccc1. The first-order valence-electron chi connectivity index (χ1n) is 7.26. The number of benzene rings is 2. The Morgan fingerprint density at radius 2 is 1.83 bits per heavy atom. The highest BCUT2D eigenvalue weighted by Crippen LogP contribution is 2.21. The maximum Gasteiger partial charge on any atom is 0.235 e. The van der Waals surface area contributed by atoms with Crippen molar-refractivity contribution in [2.75, 3.05) is 5.75 Å². The van der Waals surface area contributed by atoms with Gasteiger partial charge in [0.25, 0.3) is 0 Å². The van der Waals surface area contributed by atoms with Gasteiger partial charge in [-0.3, -0.25) is 4.79 Å². The number of halogens is 2. The molecule has 0 aliphatic heterocycles. The van der Waals surface area contributed by atoms with Crippen molar-refractivity contribution < 1.29 is 17.6 Å². The van der Waals surface area contributed by atoms with E-state index in [1.54, 1.807) is 6.92 Å². The highest BCUT2D eigenvalue weighted by atomic mass is 35.5. The summed E-state index contributed by atoms with van der Waals surface area (Å²) < 4.78 is 38.0. The van der Waals surface area contributed by atoms with E-state index in [9.17, 15) is 17.6 Å². The molecule has 2 aromatic carbocycles. The van der Waals surface area contributed by atoms with Gasteiger partial charge in [-0.25, -0.2) is 12.8 Å². The minimum absolute atomic E-state index is 0.0247. The lowest BCUT2D eigenvalue weighted by Crippen LogP contribution is -2.32. The zero-order chi connectivity index (χ0) is 17.7. The van der Waals surface area contributed by atoms with E-state index in [2.05, 4.69) is 5.32 Å². The first kappa shape index (κ1) is 18.4. The van der Waals surface area contributed by atoms with Crippen LogP contribution in [0.4, 0.5) is 4.39 Å². The predicted octanol–water partition coefficient (Wildman–Crippen LogP) is 3.27. The van der Waals surface area contributed by atoms with Crippen LogP contribution >= 0.6 is 11.6 Å². The van der Waals surface area contributed by atoms with Gasteiger partial charge < -0.3 is 5.32 Å². The topological polar surface area (TPSA) is 63.2 Å². The number of hydrogen-bond donors (Lipinski definition) is 1. The molecule has 0 aliphatic carbocycles. The van der Waals surface area contributed by atoms with E-state index >= 15 is 0 Å². The molecule has 0 spiro atoms. The van der Waals surface area contributed by atoms with Crippen LogP contribution in [0.1, 0.15) is 24.1 Å². The van der Waals surface area contributed by atoms with Crippen molar-refractivity contribution in [3.8, 4) is 0 Å². The second kappa shape index (κ2) is 7.77. The number of amides is 1. The molecule has 128 valence electrons. The molecule has 0 aromatic heterocycles. The molecule has 0 radical (unpaired) electrons. The largest absolute Gasteiger partial charge is 0.349 e. The molecule has 1 atom stereocenters. The number of sulfone groups is 1. The maximum atomic E-state index is 13.7. The maximum absolute atomic E-state index is 13.7. The average Bonchev–Trinajstić information content (AvgIpc) is 2.51. The molecular weight excluding hydrogens is 353 g/mol. The molecule has 0 saturated heterocycles. The lowest BCUT2D eigenvalue weighted by Gasteiger charge is -2.14. The highest BCUT2D eigenvalue weighted by Gasteiger charge is 2.22. The third-order valence-electron chi connectivity index (χ3n) is 3.45. The molecule has 0 heterocycles. The summed E-state index contributed by atoms with van der Waals surface area (Å²) >= 11 is 5.83. The monoisotopic (exact) mass is 369 g/mol. The standard InChI is InChI=1S/C17H17ClFNO3S/c1-12(13-6-3-2-4-7-13)20-17(21)11-24(22,23)10-14-15(18)8-5-9-16(14)19/h2-9,12H,10-11H2,1H3,(H,20,21). The van der Waals surface area contributed by atoms with Gasteiger partial charge in [-0.1, -0.05) is 48.0 Å². The molecule has 0 fully saturated rings. The number of carbonyl (C=O) groups is 1. The molecular formula is C17H17ClFNO3S. The van der Waals surface area contributed by atoms with Gasteiger partial charge in [-0.15, -0.1) is 0 Å². The Morgan fingerprint density at radius 1 is 1.17 bits per heavy atom. The first-order chi connectivity index (χ1) is 11.3. The Labute approximate surface area is 145 Å². The van der Waals surface area contributed by atoms with Gasteiger partial charge in [-0.05, 0) is 24.6 Å². The van der Waals surface area contributed by atoms with Crippen molar-refractivity contribution in [2.24, 2.45) is 0 Å². The predicted molar refractivity (Wildman–Crippen MR) is 91.9 cm³/mol. The van der Waals surface area contributed by atoms with Crippen molar-refractivity contribution in [1.82, 2.24) is 5.32 Å². The smallest absolute Gasteiger partial charge is 0.235 e. The molecule has 24 heavy (non-hydrogen) atoms. The molecule has 1 N–H and O–H groups in total. The fourth-order valence-corrected chi connectivity index (χ4v) is 3.88. The van der Waals surface area contributed by atoms with E-state index in [1.165, 1.54) is 12.1 Å². The number of nitrogens with one attached hydrogen (secondary N) is 1. The van der Waals surface area contributed by atoms with E-state index in [1.807, 2.05) is 30.3 Å². The van der Waals surface area contributed by atoms with Crippen LogP contribution in [0.2, 0.25) is 5.02 Å². The van der Waals surface area contributed by atoms with Crippen LogP contribution in [0, 0.1) is 5.82 Å². The minimum Gasteiger partial charge on any atom is -0.349 e. The van der Waals surface area contributed by atoms with Crippen molar-refractivity contribution in [3.63, 3.8) is 0 Å². The third kappa shape index (κ3) is 5.04. The van der Waals surface area contributed by atoms with Gasteiger partial charge in [0.1, 0.15) is 11.6 Å². The van der Waals surface area contributed by atoms with Crippen molar-refractivity contribution >= 4 is 27.3 Å². The molecule has 2 aromatic rings. The molecule has 1 amide bonds. The van der Waals surface area contributed by atoms with Crippen LogP contribution < -0.4 is 5.32 Å². The van der Waals surface area contributed by atoms with E-state index in [4.69, 9.17) is 11.6 Å². The average molecular weight is 370 g/mol. The van der Waals surface area contributed by atoms with Gasteiger partial charge >= 0.3 is 0 Å². The summed E-state index contributed by atoms with van der Waals surface area (Å²) in [5.41, 5.74) is 0.739. The Bertz CT molecular complexity index is 805. The number of hydrogen-bond acceptors (Lipinski definition) is 3. The summed E-state index contributed by atoms with van der Waals surface area (Å²) in [6, 6.07) is 12.8. The van der Waals surface area contributed by atoms with E-state index in [0.717, 1.165) is 11.6 Å². The van der Waals surface area contributed by atoms with Gasteiger partial charge in [0.2, 0.25) is 5.91 Å². The quantitative estimate of drug-likeness (QED) is 0.850. The van der Waals surface area contributed by atoms with E-state index in [0.29, 0.717) is 0 Å². The minimum atomic E-state index is -3.84. The van der Waals surface area contributed by atoms with E-state index < -0.39 is 33.1 Å². The zero-order valence-corrected chi connectivity index (χ0v) is 14.6. The Kier molecular flexibility index (Phi) is 5.96. The third-order valence-corrected chi connectivity index (χ3v) is 5.24. The van der Waals surface area contributed by atoms with Gasteiger partial charge in [0.05, 0.1) is 11.8 Å². The fourth-order valence-electron chi connectivity index (χ4n) is 2.25. The summed E-state index contributed by atoms with van der Waals surface area (Å²) in [7, 11) is -3.84. The van der Waals surface area contributed by atoms with Gasteiger partial charge in [0.15, 0.2) is 9.84 Å². The normalized spacial score (nSPS) is 12.6. The van der Waals surface area contributed by atoms with Crippen LogP contribution in [-0.2, 0) is 20.4 Å². The molecule has 2 rings (SSSR count). The summed E-state index contributed by atoms with van der Waals surface area (Å²) in [6.07, 6.45) is 0. The highest BCUT2D eigenvalue weighted by molar-refractivity contribution is 7.91. The summed E-state index contributed by atoms with van der Waals surface area (Å²) in [5, 5.41) is 2.65. The summed E-state index contributed by atoms with van der Waals surface area (Å²) in [6.45, 7) is 1.76. The van der Waals surface area contributed by atoms with E-state index in [-0.39, 0.29) is 16.6 Å². The van der Waals surface area contributed by atoms with Crippen LogP contribution in [0.15, 0.2) is 48.5 Å². The Morgan fingerprint density at radius 3 is 2.46 bits per heavy atom. The van der Waals surface area contributed by atoms with Crippen LogP contribution in [0.25, 0.3) is 0 Å². The molecule has 7 heteroatoms. The lowest BCUT2D eigenvalue weighted by atomic mass is 10.1. The van der Waals surface area contributed by atoms with Crippen molar-refractivity contribution in [3.05, 3.63) is 70.5 Å². The van der Waals surface area contributed by atoms with Crippen LogP contribution in [0.3, 0.4) is 0 Å². The number of carbonyl (C=O) groups excluding carboxylic acids is 1. The molecule has 1 unspecified atom stereocenters. The summed E-state index contributed by atoms with van der Waals surface area (Å²) in [5.74, 6) is -2.69. The second-order valence-electron chi connectivity index (χ2n) is 5.43. The van der Waals surface area contributed by atoms with Gasteiger partial charge in [-0.2, -0.15) is 0 Å². The van der Waals surface area contributed by atoms with Crippen LogP contribution in [0.5, 0.6) is 0 Å². The lowest BCUT2D eigenvalue weighted by molar-refractivity contribution is -0.119. The first-order valence-corrected chi connectivity index (χ1v) is 9.46. The molecule has 4 nitrogen and oxygen atoms in total.